The zero-order valence-corrected chi connectivity index (χ0v) is 18.1. The predicted octanol–water partition coefficient (Wildman–Crippen LogP) is 7.13. The van der Waals surface area contributed by atoms with E-state index in [-0.39, 0.29) is 5.41 Å². The molecule has 0 amide bonds. The Kier molecular flexibility index (Phi) is 9.74. The van der Waals surface area contributed by atoms with E-state index < -0.39 is 5.79 Å². The molecule has 1 rings (SSSR count). The molecule has 0 aromatic heterocycles. The SMILES string of the molecule is C/C(=C\CCC1(C)OCC(C)(C)CO1)CCCC(C)CCCC(C)C. The molecule has 2 nitrogen and oxygen atoms in total. The van der Waals surface area contributed by atoms with Crippen molar-refractivity contribution >= 4 is 0 Å². The second kappa shape index (κ2) is 10.7. The van der Waals surface area contributed by atoms with Crippen LogP contribution in [0.5, 0.6) is 0 Å². The minimum absolute atomic E-state index is 0.150. The monoisotopic (exact) mass is 352 g/mol. The van der Waals surface area contributed by atoms with Crippen molar-refractivity contribution in [2.75, 3.05) is 13.2 Å². The van der Waals surface area contributed by atoms with E-state index in [1.807, 2.05) is 0 Å². The summed E-state index contributed by atoms with van der Waals surface area (Å²) in [4.78, 5) is 0. The van der Waals surface area contributed by atoms with Gasteiger partial charge in [0, 0.05) is 11.8 Å². The van der Waals surface area contributed by atoms with E-state index in [4.69, 9.17) is 9.47 Å². The van der Waals surface area contributed by atoms with Crippen molar-refractivity contribution < 1.29 is 9.47 Å². The summed E-state index contributed by atoms with van der Waals surface area (Å²) in [5.41, 5.74) is 1.67. The van der Waals surface area contributed by atoms with Crippen molar-refractivity contribution in [1.29, 1.82) is 0 Å². The molecule has 148 valence electrons. The van der Waals surface area contributed by atoms with Crippen LogP contribution in [0.4, 0.5) is 0 Å². The molecule has 0 spiro atoms. The molecule has 0 aromatic carbocycles. The van der Waals surface area contributed by atoms with Crippen LogP contribution in [-0.4, -0.2) is 19.0 Å². The summed E-state index contributed by atoms with van der Waals surface area (Å²) in [6.45, 7) is 17.4. The van der Waals surface area contributed by atoms with E-state index in [1.165, 1.54) is 44.1 Å². The van der Waals surface area contributed by atoms with Gasteiger partial charge in [0.15, 0.2) is 5.79 Å². The molecule has 1 saturated heterocycles. The molecule has 0 bridgehead atoms. The lowest BCUT2D eigenvalue weighted by Gasteiger charge is -2.41. The smallest absolute Gasteiger partial charge is 0.165 e. The Hall–Kier alpha value is -0.340. The zero-order valence-electron chi connectivity index (χ0n) is 18.1. The highest BCUT2D eigenvalue weighted by Gasteiger charge is 2.36. The summed E-state index contributed by atoms with van der Waals surface area (Å²) >= 11 is 0. The van der Waals surface area contributed by atoms with Gasteiger partial charge in [-0.25, -0.2) is 0 Å². The van der Waals surface area contributed by atoms with Crippen LogP contribution in [0.2, 0.25) is 0 Å². The first-order chi connectivity index (χ1) is 11.6. The van der Waals surface area contributed by atoms with Crippen LogP contribution in [0, 0.1) is 17.3 Å². The molecule has 1 unspecified atom stereocenters. The van der Waals surface area contributed by atoms with Gasteiger partial charge in [-0.3, -0.25) is 0 Å². The molecule has 25 heavy (non-hydrogen) atoms. The third kappa shape index (κ3) is 10.4. The van der Waals surface area contributed by atoms with Gasteiger partial charge in [0.05, 0.1) is 13.2 Å². The maximum absolute atomic E-state index is 5.98. The maximum atomic E-state index is 5.98. The van der Waals surface area contributed by atoms with Crippen molar-refractivity contribution in [3.05, 3.63) is 11.6 Å². The van der Waals surface area contributed by atoms with Gasteiger partial charge < -0.3 is 9.47 Å². The van der Waals surface area contributed by atoms with Crippen LogP contribution in [-0.2, 0) is 9.47 Å². The summed E-state index contributed by atoms with van der Waals surface area (Å²) in [5, 5.41) is 0. The van der Waals surface area contributed by atoms with Crippen LogP contribution in [0.3, 0.4) is 0 Å². The van der Waals surface area contributed by atoms with E-state index in [1.54, 1.807) is 0 Å². The molecule has 1 atom stereocenters. The Morgan fingerprint density at radius 1 is 0.960 bits per heavy atom. The highest BCUT2D eigenvalue weighted by molar-refractivity contribution is 4.98. The van der Waals surface area contributed by atoms with Crippen LogP contribution >= 0.6 is 0 Å². The molecule has 1 aliphatic rings. The molecule has 0 radical (unpaired) electrons. The molecular weight excluding hydrogens is 308 g/mol. The van der Waals surface area contributed by atoms with Gasteiger partial charge in [0.25, 0.3) is 0 Å². The Bertz CT molecular complexity index is 385. The van der Waals surface area contributed by atoms with Crippen molar-refractivity contribution in [2.24, 2.45) is 17.3 Å². The van der Waals surface area contributed by atoms with Crippen molar-refractivity contribution in [3.63, 3.8) is 0 Å². The summed E-state index contributed by atoms with van der Waals surface area (Å²) in [7, 11) is 0. The summed E-state index contributed by atoms with van der Waals surface area (Å²) in [6, 6.07) is 0. The van der Waals surface area contributed by atoms with E-state index in [0.717, 1.165) is 37.9 Å². The molecule has 1 aliphatic heterocycles. The second-order valence-electron chi connectivity index (χ2n) is 9.79. The largest absolute Gasteiger partial charge is 0.350 e. The topological polar surface area (TPSA) is 18.5 Å². The van der Waals surface area contributed by atoms with Gasteiger partial charge >= 0.3 is 0 Å². The number of hydrogen-bond acceptors (Lipinski definition) is 2. The number of rotatable bonds is 11. The lowest BCUT2D eigenvalue weighted by Crippen LogP contribution is -2.45. The molecule has 2 heteroatoms. The molecule has 0 aliphatic carbocycles. The highest BCUT2D eigenvalue weighted by Crippen LogP contribution is 2.32. The van der Waals surface area contributed by atoms with Crippen LogP contribution < -0.4 is 0 Å². The Morgan fingerprint density at radius 2 is 1.56 bits per heavy atom. The fraction of sp³-hybridized carbons (Fsp3) is 0.913. The van der Waals surface area contributed by atoms with Crippen molar-refractivity contribution in [1.82, 2.24) is 0 Å². The average molecular weight is 353 g/mol. The number of hydrogen-bond donors (Lipinski definition) is 0. The zero-order chi connectivity index (χ0) is 18.9. The van der Waals surface area contributed by atoms with Gasteiger partial charge in [-0.1, -0.05) is 72.0 Å². The van der Waals surface area contributed by atoms with E-state index in [0.29, 0.717) is 0 Å². The number of ether oxygens (including phenoxy) is 2. The Labute approximate surface area is 157 Å². The Morgan fingerprint density at radius 3 is 2.16 bits per heavy atom. The summed E-state index contributed by atoms with van der Waals surface area (Å²) in [5.74, 6) is 1.33. The van der Waals surface area contributed by atoms with Gasteiger partial charge in [0.2, 0.25) is 0 Å². The molecule has 0 saturated carbocycles. The third-order valence-electron chi connectivity index (χ3n) is 5.37. The minimum atomic E-state index is -0.392. The van der Waals surface area contributed by atoms with Crippen LogP contribution in [0.1, 0.15) is 99.8 Å². The molecule has 1 heterocycles. The van der Waals surface area contributed by atoms with Gasteiger partial charge in [-0.05, 0) is 44.9 Å². The minimum Gasteiger partial charge on any atom is -0.350 e. The summed E-state index contributed by atoms with van der Waals surface area (Å²) in [6.07, 6.45) is 12.5. The quantitative estimate of drug-likeness (QED) is 0.368. The second-order valence-corrected chi connectivity index (χ2v) is 9.79. The first kappa shape index (κ1) is 22.7. The first-order valence-electron chi connectivity index (χ1n) is 10.6. The molecular formula is C23H44O2. The Balaban J connectivity index is 2.15. The summed E-state index contributed by atoms with van der Waals surface area (Å²) < 4.78 is 12.0. The van der Waals surface area contributed by atoms with Gasteiger partial charge in [-0.15, -0.1) is 0 Å². The lowest BCUT2D eigenvalue weighted by atomic mass is 9.93. The van der Waals surface area contributed by atoms with E-state index in [9.17, 15) is 0 Å². The predicted molar refractivity (Wildman–Crippen MR) is 109 cm³/mol. The molecule has 1 fully saturated rings. The highest BCUT2D eigenvalue weighted by atomic mass is 16.7. The normalized spacial score (nSPS) is 21.5. The third-order valence-corrected chi connectivity index (χ3v) is 5.37. The van der Waals surface area contributed by atoms with Gasteiger partial charge in [-0.2, -0.15) is 0 Å². The van der Waals surface area contributed by atoms with Crippen LogP contribution in [0.15, 0.2) is 11.6 Å². The van der Waals surface area contributed by atoms with Crippen molar-refractivity contribution in [2.45, 2.75) is 106 Å². The average Bonchev–Trinajstić information content (AvgIpc) is 2.50. The van der Waals surface area contributed by atoms with Crippen LogP contribution in [0.25, 0.3) is 0 Å². The number of allylic oxidation sites excluding steroid dienone is 2. The maximum Gasteiger partial charge on any atom is 0.165 e. The van der Waals surface area contributed by atoms with E-state index in [2.05, 4.69) is 54.5 Å². The van der Waals surface area contributed by atoms with Crippen molar-refractivity contribution in [3.8, 4) is 0 Å². The molecule has 0 N–H and O–H groups in total. The molecule has 0 aromatic rings. The fourth-order valence-electron chi connectivity index (χ4n) is 3.35. The van der Waals surface area contributed by atoms with E-state index >= 15 is 0 Å². The fourth-order valence-corrected chi connectivity index (χ4v) is 3.35. The lowest BCUT2D eigenvalue weighted by molar-refractivity contribution is -0.291. The van der Waals surface area contributed by atoms with Gasteiger partial charge in [0.1, 0.15) is 0 Å². The standard InChI is InChI=1S/C23H44O2/c1-19(2)11-8-12-20(3)13-9-14-21(4)15-10-16-23(7)24-17-22(5,6)18-25-23/h15,19-20H,8-14,16-18H2,1-7H3/b21-15+. The first-order valence-corrected chi connectivity index (χ1v) is 10.6.